The van der Waals surface area contributed by atoms with Crippen LogP contribution in [-0.4, -0.2) is 11.4 Å². The quantitative estimate of drug-likeness (QED) is 0.0273. The first-order chi connectivity index (χ1) is 35.1. The maximum atomic E-state index is 5.50. The van der Waals surface area contributed by atoms with Crippen molar-refractivity contribution in [2.75, 3.05) is 0 Å². The van der Waals surface area contributed by atoms with E-state index in [1.165, 1.54) is 266 Å². The average molecular weight is 1030 g/mol. The molecule has 414 valence electrons. The van der Waals surface area contributed by atoms with Crippen molar-refractivity contribution in [3.63, 3.8) is 0 Å². The third-order valence-corrected chi connectivity index (χ3v) is 15.1. The smallest absolute Gasteiger partial charge is 0.135 e. The van der Waals surface area contributed by atoms with Crippen LogP contribution >= 0.6 is 0 Å². The summed E-state index contributed by atoms with van der Waals surface area (Å²) in [6.45, 7) is 13.8. The SMILES string of the molecule is CCCCCCCCCCCCC#CC(=N\c1ccc(CCC)c(CCC)c1)/C(CCCCCCCCCCCCCCCCCCCCCCCCCCCCC)=N/c1ccc(CCC)c(CCC)c1.[Ni]. The second kappa shape index (κ2) is 51.0. The van der Waals surface area contributed by atoms with Gasteiger partial charge in [-0.05, 0) is 97.4 Å². The molecule has 0 amide bonds. The molecule has 0 aliphatic heterocycles. The van der Waals surface area contributed by atoms with Crippen LogP contribution in [0.15, 0.2) is 46.4 Å². The van der Waals surface area contributed by atoms with Crippen LogP contribution in [0.25, 0.3) is 0 Å². The van der Waals surface area contributed by atoms with E-state index in [0.717, 1.165) is 80.6 Å². The second-order valence-corrected chi connectivity index (χ2v) is 22.1. The monoisotopic (exact) mass is 1030 g/mol. The average Bonchev–Trinajstić information content (AvgIpc) is 3.37. The summed E-state index contributed by atoms with van der Waals surface area (Å²) in [5.41, 5.74) is 9.97. The van der Waals surface area contributed by atoms with Crippen molar-refractivity contribution in [1.29, 1.82) is 0 Å². The van der Waals surface area contributed by atoms with E-state index in [-0.39, 0.29) is 16.5 Å². The second-order valence-electron chi connectivity index (χ2n) is 22.1. The fraction of sp³-hybridized carbons (Fsp3) is 0.768. The first kappa shape index (κ1) is 67.8. The minimum absolute atomic E-state index is 0. The maximum absolute atomic E-state index is 5.50. The van der Waals surface area contributed by atoms with Gasteiger partial charge < -0.3 is 0 Å². The number of hydrogen-bond donors (Lipinski definition) is 0. The molecule has 3 heteroatoms. The van der Waals surface area contributed by atoms with E-state index >= 15 is 0 Å². The van der Waals surface area contributed by atoms with E-state index in [1.807, 2.05) is 0 Å². The molecule has 0 unspecified atom stereocenters. The zero-order chi connectivity index (χ0) is 50.9. The van der Waals surface area contributed by atoms with Crippen molar-refractivity contribution in [3.8, 4) is 11.8 Å². The molecule has 72 heavy (non-hydrogen) atoms. The summed E-state index contributed by atoms with van der Waals surface area (Å²) in [5.74, 6) is 7.31. The molecular formula is C69H118N2Ni. The van der Waals surface area contributed by atoms with Crippen molar-refractivity contribution in [2.45, 2.75) is 343 Å². The zero-order valence-electron chi connectivity index (χ0n) is 48.9. The molecule has 0 atom stereocenters. The molecule has 2 rings (SSSR count). The minimum Gasteiger partial charge on any atom is -0.251 e. The van der Waals surface area contributed by atoms with Gasteiger partial charge in [-0.1, -0.05) is 310 Å². The topological polar surface area (TPSA) is 24.7 Å². The van der Waals surface area contributed by atoms with Crippen LogP contribution in [0.2, 0.25) is 0 Å². The van der Waals surface area contributed by atoms with Crippen molar-refractivity contribution in [1.82, 2.24) is 0 Å². The Bertz CT molecular complexity index is 1640. The minimum atomic E-state index is 0. The molecule has 0 saturated heterocycles. The molecular weight excluding hydrogens is 915 g/mol. The van der Waals surface area contributed by atoms with Gasteiger partial charge in [0, 0.05) is 22.9 Å². The van der Waals surface area contributed by atoms with Crippen molar-refractivity contribution >= 4 is 22.8 Å². The van der Waals surface area contributed by atoms with Gasteiger partial charge in [0.2, 0.25) is 0 Å². The predicted molar refractivity (Wildman–Crippen MR) is 322 cm³/mol. The van der Waals surface area contributed by atoms with E-state index in [1.54, 1.807) is 0 Å². The summed E-state index contributed by atoms with van der Waals surface area (Å²) < 4.78 is 0. The molecule has 0 aliphatic rings. The molecule has 0 aromatic heterocycles. The Hall–Kier alpha value is -2.17. The number of unbranched alkanes of at least 4 members (excludes halogenated alkanes) is 36. The van der Waals surface area contributed by atoms with Gasteiger partial charge in [-0.2, -0.15) is 0 Å². The summed E-state index contributed by atoms with van der Waals surface area (Å²) >= 11 is 0. The Morgan fingerprint density at radius 1 is 0.319 bits per heavy atom. The molecule has 2 aromatic carbocycles. The molecule has 0 heterocycles. The van der Waals surface area contributed by atoms with Gasteiger partial charge in [0.25, 0.3) is 0 Å². The Morgan fingerprint density at radius 3 is 0.944 bits per heavy atom. The first-order valence-electron chi connectivity index (χ1n) is 32.0. The largest absolute Gasteiger partial charge is 0.251 e. The molecule has 0 spiro atoms. The van der Waals surface area contributed by atoms with Gasteiger partial charge in [0.15, 0.2) is 0 Å². The standard InChI is InChI=1S/C69H118N2.Ni/c1-7-13-15-17-19-21-23-25-26-27-28-29-30-31-32-33-34-35-36-37-38-39-41-43-45-47-49-55-69(71-67-59-57-63(51-10-4)65(61-67)53-12-6)68(54-48-46-44-42-40-24-22-20-18-16-14-8-2)70-66-58-56-62(50-9-3)64(60-66)52-11-5;/h56-61H,7-47,49-53,55H2,1-6H3;/b70-68+,71-69+;. The molecule has 2 aromatic rings. The van der Waals surface area contributed by atoms with E-state index in [2.05, 4.69) is 89.8 Å². The molecule has 0 saturated carbocycles. The first-order valence-corrected chi connectivity index (χ1v) is 32.0. The van der Waals surface area contributed by atoms with E-state index in [9.17, 15) is 0 Å². The van der Waals surface area contributed by atoms with Crippen LogP contribution in [0, 0.1) is 11.8 Å². The van der Waals surface area contributed by atoms with E-state index in [4.69, 9.17) is 9.98 Å². The van der Waals surface area contributed by atoms with Crippen LogP contribution in [0.4, 0.5) is 11.4 Å². The molecule has 0 fully saturated rings. The Balaban J connectivity index is 0.0000259. The number of nitrogens with zero attached hydrogens (tertiary/aromatic N) is 2. The maximum Gasteiger partial charge on any atom is 0.135 e. The predicted octanol–water partition coefficient (Wildman–Crippen LogP) is 23.6. The summed E-state index contributed by atoms with van der Waals surface area (Å²) in [7, 11) is 0. The summed E-state index contributed by atoms with van der Waals surface area (Å²) in [5, 5.41) is 0. The van der Waals surface area contributed by atoms with E-state index in [0.29, 0.717) is 0 Å². The summed E-state index contributed by atoms with van der Waals surface area (Å²) in [6.07, 6.45) is 62.9. The van der Waals surface area contributed by atoms with Crippen LogP contribution in [0.3, 0.4) is 0 Å². The van der Waals surface area contributed by atoms with Crippen LogP contribution in [0.1, 0.15) is 340 Å². The van der Waals surface area contributed by atoms with Crippen molar-refractivity contribution < 1.29 is 16.5 Å². The van der Waals surface area contributed by atoms with Gasteiger partial charge in [0.1, 0.15) is 5.71 Å². The third-order valence-electron chi connectivity index (χ3n) is 15.1. The number of hydrogen-bond acceptors (Lipinski definition) is 2. The number of benzene rings is 2. The Labute approximate surface area is 460 Å². The summed E-state index contributed by atoms with van der Waals surface area (Å²) in [4.78, 5) is 10.9. The van der Waals surface area contributed by atoms with Crippen molar-refractivity contribution in [3.05, 3.63) is 58.7 Å². The Morgan fingerprint density at radius 2 is 0.611 bits per heavy atom. The van der Waals surface area contributed by atoms with Gasteiger partial charge in [0.05, 0.1) is 17.1 Å². The molecule has 0 bridgehead atoms. The van der Waals surface area contributed by atoms with E-state index < -0.39 is 0 Å². The van der Waals surface area contributed by atoms with Crippen LogP contribution in [-0.2, 0) is 42.2 Å². The molecule has 0 N–H and O–H groups in total. The summed E-state index contributed by atoms with van der Waals surface area (Å²) in [6, 6.07) is 13.9. The molecule has 0 aliphatic carbocycles. The van der Waals surface area contributed by atoms with Gasteiger partial charge in [-0.25, -0.2) is 4.99 Å². The van der Waals surface area contributed by atoms with Crippen molar-refractivity contribution in [2.24, 2.45) is 9.98 Å². The zero-order valence-corrected chi connectivity index (χ0v) is 49.9. The molecule has 0 radical (unpaired) electrons. The number of aliphatic imine (C=N–C) groups is 2. The normalized spacial score (nSPS) is 11.8. The fourth-order valence-corrected chi connectivity index (χ4v) is 10.7. The van der Waals surface area contributed by atoms with Crippen LogP contribution in [0.5, 0.6) is 0 Å². The van der Waals surface area contributed by atoms with Gasteiger partial charge in [-0.15, -0.1) is 0 Å². The van der Waals surface area contributed by atoms with Gasteiger partial charge in [-0.3, -0.25) is 4.99 Å². The van der Waals surface area contributed by atoms with Gasteiger partial charge >= 0.3 is 0 Å². The fourth-order valence-electron chi connectivity index (χ4n) is 10.7. The van der Waals surface area contributed by atoms with Crippen LogP contribution < -0.4 is 0 Å². The molecule has 2 nitrogen and oxygen atoms in total. The third kappa shape index (κ3) is 36.7. The number of rotatable bonds is 49. The Kier molecular flexibility index (Phi) is 48.0. The number of aryl methyl sites for hydroxylation is 4.